The Morgan fingerprint density at radius 1 is 0.944 bits per heavy atom. The van der Waals surface area contributed by atoms with Crippen molar-refractivity contribution in [1.29, 1.82) is 0 Å². The summed E-state index contributed by atoms with van der Waals surface area (Å²) in [6.07, 6.45) is 3.21. The van der Waals surface area contributed by atoms with E-state index in [1.807, 2.05) is 0 Å². The molecule has 0 radical (unpaired) electrons. The topological polar surface area (TPSA) is 0 Å². The maximum Gasteiger partial charge on any atom is -0.00135 e. The smallest absolute Gasteiger partial charge is 0.00135 e. The molecule has 0 bridgehead atoms. The fourth-order valence-corrected chi connectivity index (χ4v) is 2.49. The molecule has 0 fully saturated rings. The van der Waals surface area contributed by atoms with Gasteiger partial charge in [-0.3, -0.25) is 0 Å². The van der Waals surface area contributed by atoms with Crippen molar-refractivity contribution in [1.82, 2.24) is 0 Å². The van der Waals surface area contributed by atoms with Crippen LogP contribution in [0.5, 0.6) is 0 Å². The highest BCUT2D eigenvalue weighted by molar-refractivity contribution is 5.88. The Labute approximate surface area is 108 Å². The van der Waals surface area contributed by atoms with Crippen molar-refractivity contribution >= 4 is 11.1 Å². The largest absolute Gasteiger partial charge is 0.0911 e. The molecule has 0 N–H and O–H groups in total. The zero-order valence-corrected chi connectivity index (χ0v) is 10.6. The Morgan fingerprint density at radius 2 is 1.67 bits per heavy atom. The van der Waals surface area contributed by atoms with E-state index in [0.29, 0.717) is 0 Å². The van der Waals surface area contributed by atoms with E-state index in [4.69, 9.17) is 0 Å². The molecule has 18 heavy (non-hydrogen) atoms. The molecule has 0 spiro atoms. The lowest BCUT2D eigenvalue weighted by Crippen LogP contribution is -2.01. The number of hydrogen-bond donors (Lipinski definition) is 0. The molecule has 0 saturated heterocycles. The van der Waals surface area contributed by atoms with Gasteiger partial charge in [-0.15, -0.1) is 0 Å². The SMILES string of the molecule is C=C1C=C(c2ccc(C)cc2)Cc2ccccc21. The molecular formula is C18H16. The van der Waals surface area contributed by atoms with Crippen LogP contribution in [0, 0.1) is 6.92 Å². The molecule has 0 nitrogen and oxygen atoms in total. The van der Waals surface area contributed by atoms with Crippen molar-refractivity contribution < 1.29 is 0 Å². The second-order valence-corrected chi connectivity index (χ2v) is 4.89. The van der Waals surface area contributed by atoms with Crippen LogP contribution in [-0.4, -0.2) is 0 Å². The molecule has 0 heteroatoms. The molecule has 1 aliphatic rings. The first-order valence-corrected chi connectivity index (χ1v) is 6.29. The van der Waals surface area contributed by atoms with Gasteiger partial charge in [-0.25, -0.2) is 0 Å². The number of benzene rings is 2. The second kappa shape index (κ2) is 4.30. The molecule has 1 aliphatic carbocycles. The van der Waals surface area contributed by atoms with Gasteiger partial charge in [0, 0.05) is 0 Å². The highest BCUT2D eigenvalue weighted by atomic mass is 14.2. The summed E-state index contributed by atoms with van der Waals surface area (Å²) in [4.78, 5) is 0. The average molecular weight is 232 g/mol. The monoisotopic (exact) mass is 232 g/mol. The number of hydrogen-bond acceptors (Lipinski definition) is 0. The van der Waals surface area contributed by atoms with Crippen LogP contribution >= 0.6 is 0 Å². The molecule has 2 aromatic rings. The van der Waals surface area contributed by atoms with Crippen molar-refractivity contribution in [2.24, 2.45) is 0 Å². The molecule has 0 amide bonds. The molecule has 0 aliphatic heterocycles. The minimum atomic E-state index is 0.998. The van der Waals surface area contributed by atoms with Crippen LogP contribution in [0.2, 0.25) is 0 Å². The van der Waals surface area contributed by atoms with Crippen LogP contribution in [0.4, 0.5) is 0 Å². The summed E-state index contributed by atoms with van der Waals surface area (Å²) in [6, 6.07) is 17.3. The first kappa shape index (κ1) is 11.0. The van der Waals surface area contributed by atoms with Crippen LogP contribution in [0.25, 0.3) is 11.1 Å². The zero-order valence-electron chi connectivity index (χ0n) is 10.6. The van der Waals surface area contributed by atoms with Gasteiger partial charge in [-0.05, 0) is 41.2 Å². The van der Waals surface area contributed by atoms with E-state index in [-0.39, 0.29) is 0 Å². The highest BCUT2D eigenvalue weighted by Gasteiger charge is 2.14. The molecule has 0 unspecified atom stereocenters. The third-order valence-corrected chi connectivity index (χ3v) is 3.52. The standard InChI is InChI=1S/C18H16/c1-13-7-9-15(10-8-13)17-11-14(2)18-6-4-3-5-16(18)12-17/h3-11H,2,12H2,1H3. The Kier molecular flexibility index (Phi) is 2.64. The van der Waals surface area contributed by atoms with Gasteiger partial charge in [0.2, 0.25) is 0 Å². The van der Waals surface area contributed by atoms with E-state index in [1.165, 1.54) is 27.8 Å². The molecule has 3 rings (SSSR count). The second-order valence-electron chi connectivity index (χ2n) is 4.89. The Morgan fingerprint density at radius 3 is 2.44 bits per heavy atom. The Hall–Kier alpha value is -2.08. The lowest BCUT2D eigenvalue weighted by molar-refractivity contribution is 1.24. The molecule has 0 heterocycles. The van der Waals surface area contributed by atoms with Crippen molar-refractivity contribution in [3.8, 4) is 0 Å². The van der Waals surface area contributed by atoms with Gasteiger partial charge < -0.3 is 0 Å². The zero-order chi connectivity index (χ0) is 12.5. The van der Waals surface area contributed by atoms with E-state index in [2.05, 4.69) is 68.1 Å². The van der Waals surface area contributed by atoms with E-state index < -0.39 is 0 Å². The first-order chi connectivity index (χ1) is 8.74. The fourth-order valence-electron chi connectivity index (χ4n) is 2.49. The van der Waals surface area contributed by atoms with E-state index in [9.17, 15) is 0 Å². The summed E-state index contributed by atoms with van der Waals surface area (Å²) in [5, 5.41) is 0. The minimum Gasteiger partial charge on any atom is -0.0911 e. The minimum absolute atomic E-state index is 0.998. The summed E-state index contributed by atoms with van der Waals surface area (Å²) in [5.41, 5.74) is 7.74. The number of rotatable bonds is 1. The normalized spacial score (nSPS) is 14.1. The molecule has 88 valence electrons. The van der Waals surface area contributed by atoms with Gasteiger partial charge in [0.15, 0.2) is 0 Å². The van der Waals surface area contributed by atoms with Crippen molar-refractivity contribution in [2.45, 2.75) is 13.3 Å². The van der Waals surface area contributed by atoms with Crippen molar-refractivity contribution in [3.05, 3.63) is 83.4 Å². The number of allylic oxidation sites excluding steroid dienone is 3. The van der Waals surface area contributed by atoms with E-state index >= 15 is 0 Å². The maximum atomic E-state index is 4.17. The Bertz CT molecular complexity index is 627. The van der Waals surface area contributed by atoms with Crippen molar-refractivity contribution in [3.63, 3.8) is 0 Å². The highest BCUT2D eigenvalue weighted by Crippen LogP contribution is 2.32. The van der Waals surface area contributed by atoms with E-state index in [0.717, 1.165) is 12.0 Å². The summed E-state index contributed by atoms with van der Waals surface area (Å²) < 4.78 is 0. The lowest BCUT2D eigenvalue weighted by Gasteiger charge is -2.19. The predicted octanol–water partition coefficient (Wildman–Crippen LogP) is 4.65. The fraction of sp³-hybridized carbons (Fsp3) is 0.111. The molecular weight excluding hydrogens is 216 g/mol. The van der Waals surface area contributed by atoms with Crippen molar-refractivity contribution in [2.75, 3.05) is 0 Å². The molecule has 0 atom stereocenters. The predicted molar refractivity (Wildman–Crippen MR) is 78.3 cm³/mol. The molecule has 2 aromatic carbocycles. The van der Waals surface area contributed by atoms with Crippen LogP contribution in [0.15, 0.2) is 61.2 Å². The van der Waals surface area contributed by atoms with Gasteiger partial charge in [-0.1, -0.05) is 66.7 Å². The quantitative estimate of drug-likeness (QED) is 0.671. The maximum absolute atomic E-state index is 4.17. The van der Waals surface area contributed by atoms with Gasteiger partial charge in [0.25, 0.3) is 0 Å². The lowest BCUT2D eigenvalue weighted by atomic mass is 9.86. The summed E-state index contributed by atoms with van der Waals surface area (Å²) in [6.45, 7) is 6.29. The number of aryl methyl sites for hydroxylation is 1. The summed E-state index contributed by atoms with van der Waals surface area (Å²) in [5.74, 6) is 0. The van der Waals surface area contributed by atoms with Crippen LogP contribution in [-0.2, 0) is 6.42 Å². The average Bonchev–Trinajstić information content (AvgIpc) is 2.39. The van der Waals surface area contributed by atoms with E-state index in [1.54, 1.807) is 0 Å². The molecule has 0 aromatic heterocycles. The summed E-state index contributed by atoms with van der Waals surface area (Å²) >= 11 is 0. The first-order valence-electron chi connectivity index (χ1n) is 6.29. The third kappa shape index (κ3) is 1.91. The van der Waals surface area contributed by atoms with Gasteiger partial charge >= 0.3 is 0 Å². The Balaban J connectivity index is 2.02. The van der Waals surface area contributed by atoms with Crippen LogP contribution in [0.3, 0.4) is 0 Å². The van der Waals surface area contributed by atoms with Gasteiger partial charge in [-0.2, -0.15) is 0 Å². The van der Waals surface area contributed by atoms with Gasteiger partial charge in [0.05, 0.1) is 0 Å². The number of fused-ring (bicyclic) bond motifs is 1. The van der Waals surface area contributed by atoms with Gasteiger partial charge in [0.1, 0.15) is 0 Å². The molecule has 0 saturated carbocycles. The third-order valence-electron chi connectivity index (χ3n) is 3.52. The van der Waals surface area contributed by atoms with Crippen LogP contribution in [0.1, 0.15) is 22.3 Å². The summed E-state index contributed by atoms with van der Waals surface area (Å²) in [7, 11) is 0. The van der Waals surface area contributed by atoms with Crippen LogP contribution < -0.4 is 0 Å².